The van der Waals surface area contributed by atoms with Crippen molar-refractivity contribution >= 4 is 40.5 Å². The number of rotatable bonds is 7. The van der Waals surface area contributed by atoms with Crippen LogP contribution in [0, 0.1) is 10.1 Å². The van der Waals surface area contributed by atoms with Crippen molar-refractivity contribution in [2.24, 2.45) is 0 Å². The van der Waals surface area contributed by atoms with Gasteiger partial charge in [0.05, 0.1) is 40.4 Å². The van der Waals surface area contributed by atoms with Gasteiger partial charge in [0.15, 0.2) is 0 Å². The Hall–Kier alpha value is -2.35. The monoisotopic (exact) mass is 397 g/mol. The van der Waals surface area contributed by atoms with E-state index in [-0.39, 0.29) is 23.9 Å². The molecular formula is C17H17Cl2N3O4. The zero-order valence-electron chi connectivity index (χ0n) is 14.2. The first-order chi connectivity index (χ1) is 12.3. The van der Waals surface area contributed by atoms with Crippen molar-refractivity contribution in [3.63, 3.8) is 0 Å². The van der Waals surface area contributed by atoms with Crippen molar-refractivity contribution < 1.29 is 14.5 Å². The highest BCUT2D eigenvalue weighted by atomic mass is 35.5. The summed E-state index contributed by atoms with van der Waals surface area (Å²) in [7, 11) is 3.14. The van der Waals surface area contributed by atoms with E-state index in [9.17, 15) is 14.9 Å². The molecule has 0 unspecified atom stereocenters. The number of anilines is 1. The highest BCUT2D eigenvalue weighted by molar-refractivity contribution is 6.42. The first-order valence-electron chi connectivity index (χ1n) is 7.55. The number of nitro groups is 1. The number of ether oxygens (including phenoxy) is 1. The fourth-order valence-corrected chi connectivity index (χ4v) is 2.73. The molecule has 138 valence electrons. The Morgan fingerprint density at radius 3 is 2.69 bits per heavy atom. The van der Waals surface area contributed by atoms with Gasteiger partial charge >= 0.3 is 0 Å². The van der Waals surface area contributed by atoms with Crippen LogP contribution in [-0.4, -0.2) is 36.4 Å². The number of likely N-dealkylation sites (N-methyl/N-ethyl adjacent to an activating group) is 1. The number of methoxy groups -OCH3 is 1. The molecule has 7 nitrogen and oxygen atoms in total. The molecule has 0 saturated heterocycles. The molecule has 0 fully saturated rings. The Bertz CT molecular complexity index is 830. The molecule has 0 spiro atoms. The van der Waals surface area contributed by atoms with E-state index in [2.05, 4.69) is 5.32 Å². The number of carbonyl (C=O) groups excluding carboxylic acids is 1. The minimum Gasteiger partial charge on any atom is -0.494 e. The lowest BCUT2D eigenvalue weighted by Crippen LogP contribution is -2.30. The first-order valence-corrected chi connectivity index (χ1v) is 8.31. The summed E-state index contributed by atoms with van der Waals surface area (Å²) in [5, 5.41) is 14.4. The Kier molecular flexibility index (Phi) is 6.79. The second-order valence-electron chi connectivity index (χ2n) is 5.58. The fourth-order valence-electron chi connectivity index (χ4n) is 2.35. The normalized spacial score (nSPS) is 10.7. The molecule has 9 heteroatoms. The van der Waals surface area contributed by atoms with E-state index < -0.39 is 4.92 Å². The van der Waals surface area contributed by atoms with E-state index in [0.29, 0.717) is 22.3 Å². The summed E-state index contributed by atoms with van der Waals surface area (Å²) in [6.45, 7) is 0.521. The van der Waals surface area contributed by atoms with Crippen molar-refractivity contribution in [2.45, 2.75) is 6.54 Å². The molecule has 2 aromatic carbocycles. The van der Waals surface area contributed by atoms with Crippen LogP contribution in [-0.2, 0) is 11.3 Å². The van der Waals surface area contributed by atoms with Crippen molar-refractivity contribution in [1.82, 2.24) is 4.90 Å². The summed E-state index contributed by atoms with van der Waals surface area (Å²) < 4.78 is 5.10. The summed E-state index contributed by atoms with van der Waals surface area (Å²) in [6.07, 6.45) is 0. The minimum absolute atomic E-state index is 0.0863. The van der Waals surface area contributed by atoms with Crippen LogP contribution >= 0.6 is 23.2 Å². The van der Waals surface area contributed by atoms with E-state index in [1.54, 1.807) is 24.1 Å². The maximum Gasteiger partial charge on any atom is 0.273 e. The van der Waals surface area contributed by atoms with Crippen molar-refractivity contribution in [3.05, 3.63) is 62.1 Å². The van der Waals surface area contributed by atoms with E-state index in [1.807, 2.05) is 6.07 Å². The predicted molar refractivity (Wildman–Crippen MR) is 101 cm³/mol. The van der Waals surface area contributed by atoms with Crippen molar-refractivity contribution in [3.8, 4) is 5.75 Å². The van der Waals surface area contributed by atoms with Crippen LogP contribution in [0.1, 0.15) is 5.56 Å². The molecule has 1 amide bonds. The van der Waals surface area contributed by atoms with Gasteiger partial charge in [-0.2, -0.15) is 0 Å². The molecule has 0 aromatic heterocycles. The first kappa shape index (κ1) is 20.0. The molecule has 26 heavy (non-hydrogen) atoms. The standard InChI is InChI=1S/C17H17Cl2N3O4/c1-21(9-11-4-3-5-13(18)17(11)19)10-16(23)20-14-7-6-12(22(24)25)8-15(14)26-2/h3-8H,9-10H2,1-2H3,(H,20,23). The lowest BCUT2D eigenvalue weighted by molar-refractivity contribution is -0.384. The molecule has 0 heterocycles. The van der Waals surface area contributed by atoms with Crippen LogP contribution in [0.5, 0.6) is 5.75 Å². The second-order valence-corrected chi connectivity index (χ2v) is 6.36. The maximum absolute atomic E-state index is 12.3. The molecule has 0 atom stereocenters. The average Bonchev–Trinajstić information content (AvgIpc) is 2.59. The van der Waals surface area contributed by atoms with Crippen molar-refractivity contribution in [1.29, 1.82) is 0 Å². The van der Waals surface area contributed by atoms with Gasteiger partial charge in [0.1, 0.15) is 5.75 Å². The van der Waals surface area contributed by atoms with Gasteiger partial charge in [-0.1, -0.05) is 35.3 Å². The molecule has 2 rings (SSSR count). The van der Waals surface area contributed by atoms with E-state index in [4.69, 9.17) is 27.9 Å². The number of halogens is 2. The van der Waals surface area contributed by atoms with Crippen LogP contribution in [0.15, 0.2) is 36.4 Å². The number of nitrogens with one attached hydrogen (secondary N) is 1. The third-order valence-corrected chi connectivity index (χ3v) is 4.41. The number of carbonyl (C=O) groups is 1. The van der Waals surface area contributed by atoms with Crippen molar-refractivity contribution in [2.75, 3.05) is 26.0 Å². The quantitative estimate of drug-likeness (QED) is 0.563. The van der Waals surface area contributed by atoms with E-state index in [0.717, 1.165) is 5.56 Å². The third kappa shape index (κ3) is 5.08. The Labute approximate surface area is 160 Å². The lowest BCUT2D eigenvalue weighted by atomic mass is 10.2. The molecule has 0 saturated carbocycles. The Morgan fingerprint density at radius 1 is 1.31 bits per heavy atom. The molecule has 1 N–H and O–H groups in total. The average molecular weight is 398 g/mol. The third-order valence-electron chi connectivity index (χ3n) is 3.56. The summed E-state index contributed by atoms with van der Waals surface area (Å²) in [5.74, 6) is -0.0779. The SMILES string of the molecule is COc1cc([N+](=O)[O-])ccc1NC(=O)CN(C)Cc1cccc(Cl)c1Cl. The summed E-state index contributed by atoms with van der Waals surface area (Å²) in [6, 6.07) is 9.31. The number of hydrogen-bond donors (Lipinski definition) is 1. The van der Waals surface area contributed by atoms with Gasteiger partial charge in [-0.25, -0.2) is 0 Å². The zero-order chi connectivity index (χ0) is 19.3. The van der Waals surface area contributed by atoms with Crippen LogP contribution < -0.4 is 10.1 Å². The van der Waals surface area contributed by atoms with E-state index in [1.165, 1.54) is 25.3 Å². The summed E-state index contributed by atoms with van der Waals surface area (Å²) >= 11 is 12.1. The largest absolute Gasteiger partial charge is 0.494 e. The van der Waals surface area contributed by atoms with Crippen LogP contribution in [0.2, 0.25) is 10.0 Å². The summed E-state index contributed by atoms with van der Waals surface area (Å²) in [5.41, 5.74) is 1.05. The summed E-state index contributed by atoms with van der Waals surface area (Å²) in [4.78, 5) is 24.3. The lowest BCUT2D eigenvalue weighted by Gasteiger charge is -2.18. The smallest absolute Gasteiger partial charge is 0.273 e. The number of nitro benzene ring substituents is 1. The van der Waals surface area contributed by atoms with E-state index >= 15 is 0 Å². The maximum atomic E-state index is 12.3. The van der Waals surface area contributed by atoms with Gasteiger partial charge in [0.25, 0.3) is 5.69 Å². The number of hydrogen-bond acceptors (Lipinski definition) is 5. The predicted octanol–water partition coefficient (Wildman–Crippen LogP) is 3.98. The number of benzene rings is 2. The number of amides is 1. The topological polar surface area (TPSA) is 84.7 Å². The van der Waals surface area contributed by atoms with Gasteiger partial charge in [-0.15, -0.1) is 0 Å². The number of nitrogens with zero attached hydrogens (tertiary/aromatic N) is 2. The van der Waals surface area contributed by atoms with Gasteiger partial charge in [-0.05, 0) is 24.7 Å². The highest BCUT2D eigenvalue weighted by Gasteiger charge is 2.15. The van der Waals surface area contributed by atoms with Gasteiger partial charge in [0.2, 0.25) is 5.91 Å². The molecule has 0 bridgehead atoms. The Balaban J connectivity index is 2.02. The van der Waals surface area contributed by atoms with Crippen LogP contribution in [0.25, 0.3) is 0 Å². The highest BCUT2D eigenvalue weighted by Crippen LogP contribution is 2.29. The van der Waals surface area contributed by atoms with Crippen LogP contribution in [0.4, 0.5) is 11.4 Å². The molecule has 0 radical (unpaired) electrons. The molecule has 0 aliphatic rings. The number of non-ortho nitro benzene ring substituents is 1. The molecule has 0 aliphatic heterocycles. The zero-order valence-corrected chi connectivity index (χ0v) is 15.7. The molecule has 2 aromatic rings. The molecule has 0 aliphatic carbocycles. The van der Waals surface area contributed by atoms with Gasteiger partial charge in [0, 0.05) is 12.6 Å². The fraction of sp³-hybridized carbons (Fsp3) is 0.235. The van der Waals surface area contributed by atoms with Gasteiger partial charge in [-0.3, -0.25) is 19.8 Å². The van der Waals surface area contributed by atoms with Crippen LogP contribution in [0.3, 0.4) is 0 Å². The molecular weight excluding hydrogens is 381 g/mol. The second kappa shape index (κ2) is 8.84. The van der Waals surface area contributed by atoms with Gasteiger partial charge < -0.3 is 10.1 Å². The Morgan fingerprint density at radius 2 is 2.04 bits per heavy atom. The minimum atomic E-state index is -0.531.